The van der Waals surface area contributed by atoms with Crippen LogP contribution in [-0.4, -0.2) is 18.4 Å². The van der Waals surface area contributed by atoms with E-state index in [1.807, 2.05) is 37.3 Å². The second-order valence-electron chi connectivity index (χ2n) is 7.87. The SMILES string of the molecule is CCOc1ccc(N2C(=O)[C@@H]3[C@@H](C2=O)[C@H]2C=C[C@H]3C2=C(C)c2ccccc2)cc1. The van der Waals surface area contributed by atoms with Gasteiger partial charge in [0.25, 0.3) is 0 Å². The van der Waals surface area contributed by atoms with Crippen LogP contribution in [0, 0.1) is 23.7 Å². The predicted octanol–water partition coefficient (Wildman–Crippen LogP) is 4.48. The summed E-state index contributed by atoms with van der Waals surface area (Å²) >= 11 is 0. The molecular weight excluding hydrogens is 362 g/mol. The quantitative estimate of drug-likeness (QED) is 0.576. The number of hydrogen-bond donors (Lipinski definition) is 0. The molecule has 4 atom stereocenters. The lowest BCUT2D eigenvalue weighted by atomic mass is 9.85. The lowest BCUT2D eigenvalue weighted by Crippen LogP contribution is -2.33. The number of anilines is 1. The Kier molecular flexibility index (Phi) is 4.16. The van der Waals surface area contributed by atoms with Crippen molar-refractivity contribution in [1.82, 2.24) is 0 Å². The number of carbonyl (C=O) groups excluding carboxylic acids is 2. The summed E-state index contributed by atoms with van der Waals surface area (Å²) in [6, 6.07) is 17.4. The van der Waals surface area contributed by atoms with Gasteiger partial charge in [-0.15, -0.1) is 0 Å². The summed E-state index contributed by atoms with van der Waals surface area (Å²) < 4.78 is 5.47. The van der Waals surface area contributed by atoms with Gasteiger partial charge in [-0.05, 0) is 49.2 Å². The van der Waals surface area contributed by atoms with E-state index in [2.05, 4.69) is 31.2 Å². The first-order chi connectivity index (χ1) is 14.1. The molecule has 5 rings (SSSR count). The van der Waals surface area contributed by atoms with Gasteiger partial charge >= 0.3 is 0 Å². The van der Waals surface area contributed by atoms with Crippen LogP contribution in [0.2, 0.25) is 0 Å². The fraction of sp³-hybridized carbons (Fsp3) is 0.280. The molecule has 1 saturated carbocycles. The highest BCUT2D eigenvalue weighted by Gasteiger charge is 2.62. The molecule has 1 aliphatic heterocycles. The van der Waals surface area contributed by atoms with Crippen LogP contribution in [0.15, 0.2) is 72.3 Å². The van der Waals surface area contributed by atoms with Crippen molar-refractivity contribution in [3.8, 4) is 5.75 Å². The zero-order valence-electron chi connectivity index (χ0n) is 16.5. The standard InChI is InChI=1S/C25H23NO3/c1-3-29-18-11-9-17(10-12-18)26-24(27)22-19-13-14-20(23(22)25(26)28)21(19)15(2)16-7-5-4-6-8-16/h4-14,19-20,22-23H,3H2,1-2H3/t19-,20-,22-,23-/m0/s1. The molecule has 2 amide bonds. The highest BCUT2D eigenvalue weighted by atomic mass is 16.5. The molecule has 2 aromatic carbocycles. The zero-order valence-corrected chi connectivity index (χ0v) is 16.5. The monoisotopic (exact) mass is 385 g/mol. The van der Waals surface area contributed by atoms with Crippen molar-refractivity contribution in [2.75, 3.05) is 11.5 Å². The molecule has 2 bridgehead atoms. The number of hydrogen-bond acceptors (Lipinski definition) is 3. The second kappa shape index (κ2) is 6.73. The molecule has 146 valence electrons. The van der Waals surface area contributed by atoms with Crippen molar-refractivity contribution in [3.05, 3.63) is 77.9 Å². The van der Waals surface area contributed by atoms with Gasteiger partial charge in [0.15, 0.2) is 0 Å². The van der Waals surface area contributed by atoms with Gasteiger partial charge in [0.1, 0.15) is 5.75 Å². The van der Waals surface area contributed by atoms with Crippen LogP contribution in [0.3, 0.4) is 0 Å². The zero-order chi connectivity index (χ0) is 20.1. The van der Waals surface area contributed by atoms with Crippen molar-refractivity contribution in [3.63, 3.8) is 0 Å². The van der Waals surface area contributed by atoms with E-state index in [-0.39, 0.29) is 35.5 Å². The van der Waals surface area contributed by atoms with Crippen molar-refractivity contribution in [1.29, 1.82) is 0 Å². The molecule has 2 aromatic rings. The summed E-state index contributed by atoms with van der Waals surface area (Å²) in [5, 5.41) is 0. The summed E-state index contributed by atoms with van der Waals surface area (Å²) in [5.74, 6) is -0.00102. The largest absolute Gasteiger partial charge is 0.494 e. The molecule has 0 unspecified atom stereocenters. The molecule has 29 heavy (non-hydrogen) atoms. The van der Waals surface area contributed by atoms with E-state index >= 15 is 0 Å². The molecule has 0 aromatic heterocycles. The third-order valence-corrected chi connectivity index (χ3v) is 6.46. The Morgan fingerprint density at radius 3 is 2.03 bits per heavy atom. The smallest absolute Gasteiger partial charge is 0.238 e. The molecule has 2 aliphatic carbocycles. The number of ether oxygens (including phenoxy) is 1. The predicted molar refractivity (Wildman–Crippen MR) is 112 cm³/mol. The van der Waals surface area contributed by atoms with Crippen LogP contribution in [-0.2, 0) is 9.59 Å². The first-order valence-corrected chi connectivity index (χ1v) is 10.2. The van der Waals surface area contributed by atoms with E-state index in [1.165, 1.54) is 16.0 Å². The summed E-state index contributed by atoms with van der Waals surface area (Å²) in [7, 11) is 0. The molecule has 2 fully saturated rings. The minimum atomic E-state index is -0.294. The van der Waals surface area contributed by atoms with Crippen LogP contribution in [0.25, 0.3) is 5.57 Å². The lowest BCUT2D eigenvalue weighted by molar-refractivity contribution is -0.122. The maximum Gasteiger partial charge on any atom is 0.238 e. The van der Waals surface area contributed by atoms with Crippen LogP contribution >= 0.6 is 0 Å². The van der Waals surface area contributed by atoms with Crippen LogP contribution < -0.4 is 9.64 Å². The van der Waals surface area contributed by atoms with Gasteiger partial charge < -0.3 is 4.74 Å². The molecule has 4 heteroatoms. The number of nitrogens with zero attached hydrogens (tertiary/aromatic N) is 1. The number of amides is 2. The fourth-order valence-electron chi connectivity index (χ4n) is 5.23. The van der Waals surface area contributed by atoms with Gasteiger partial charge in [0, 0.05) is 11.8 Å². The number of imide groups is 1. The van der Waals surface area contributed by atoms with Crippen LogP contribution in [0.5, 0.6) is 5.75 Å². The minimum Gasteiger partial charge on any atom is -0.494 e. The first kappa shape index (κ1) is 17.9. The number of allylic oxidation sites excluding steroid dienone is 4. The van der Waals surface area contributed by atoms with Crippen LogP contribution in [0.1, 0.15) is 19.4 Å². The summed E-state index contributed by atoms with van der Waals surface area (Å²) in [5.41, 5.74) is 4.21. The maximum absolute atomic E-state index is 13.3. The van der Waals surface area contributed by atoms with Crippen molar-refractivity contribution >= 4 is 23.1 Å². The van der Waals surface area contributed by atoms with Gasteiger partial charge in [-0.2, -0.15) is 0 Å². The minimum absolute atomic E-state index is 0.00866. The Bertz CT molecular complexity index is 1000. The number of fused-ring (bicyclic) bond motifs is 5. The molecule has 0 N–H and O–H groups in total. The average Bonchev–Trinajstić information content (AvgIpc) is 3.39. The van der Waals surface area contributed by atoms with E-state index in [0.29, 0.717) is 12.3 Å². The van der Waals surface area contributed by atoms with Gasteiger partial charge in [0.05, 0.1) is 24.1 Å². The molecule has 1 saturated heterocycles. The van der Waals surface area contributed by atoms with Crippen LogP contribution in [0.4, 0.5) is 5.69 Å². The average molecular weight is 385 g/mol. The number of benzene rings is 2. The lowest BCUT2D eigenvalue weighted by Gasteiger charge is -2.20. The second-order valence-corrected chi connectivity index (χ2v) is 7.87. The first-order valence-electron chi connectivity index (χ1n) is 10.2. The number of carbonyl (C=O) groups is 2. The summed E-state index contributed by atoms with van der Waals surface area (Å²) in [6.45, 7) is 4.61. The summed E-state index contributed by atoms with van der Waals surface area (Å²) in [6.07, 6.45) is 4.25. The molecular formula is C25H23NO3. The van der Waals surface area contributed by atoms with Gasteiger partial charge in [-0.25, -0.2) is 4.90 Å². The van der Waals surface area contributed by atoms with Crippen molar-refractivity contribution in [2.45, 2.75) is 13.8 Å². The van der Waals surface area contributed by atoms with Crippen molar-refractivity contribution < 1.29 is 14.3 Å². The van der Waals surface area contributed by atoms with Gasteiger partial charge in [-0.1, -0.05) is 48.1 Å². The Balaban J connectivity index is 1.49. The Labute approximate surface area is 170 Å². The third kappa shape index (κ3) is 2.59. The van der Waals surface area contributed by atoms with E-state index in [0.717, 1.165) is 11.3 Å². The number of rotatable bonds is 4. The molecule has 1 heterocycles. The van der Waals surface area contributed by atoms with Gasteiger partial charge in [-0.3, -0.25) is 9.59 Å². The molecule has 3 aliphatic rings. The Hall–Kier alpha value is -3.14. The molecule has 0 radical (unpaired) electrons. The molecule has 4 nitrogen and oxygen atoms in total. The van der Waals surface area contributed by atoms with E-state index in [9.17, 15) is 9.59 Å². The normalized spacial score (nSPS) is 27.0. The topological polar surface area (TPSA) is 46.6 Å². The fourth-order valence-corrected chi connectivity index (χ4v) is 5.23. The maximum atomic E-state index is 13.3. The third-order valence-electron chi connectivity index (χ3n) is 6.46. The summed E-state index contributed by atoms with van der Waals surface area (Å²) in [4.78, 5) is 28.0. The molecule has 0 spiro atoms. The van der Waals surface area contributed by atoms with Gasteiger partial charge in [0.2, 0.25) is 11.8 Å². The van der Waals surface area contributed by atoms with E-state index in [1.54, 1.807) is 12.1 Å². The van der Waals surface area contributed by atoms with Crippen molar-refractivity contribution in [2.24, 2.45) is 23.7 Å². The Morgan fingerprint density at radius 1 is 0.897 bits per heavy atom. The van der Waals surface area contributed by atoms with E-state index < -0.39 is 0 Å². The highest BCUT2D eigenvalue weighted by Crippen LogP contribution is 2.58. The Morgan fingerprint density at radius 2 is 1.48 bits per heavy atom. The van der Waals surface area contributed by atoms with E-state index in [4.69, 9.17) is 4.74 Å². The highest BCUT2D eigenvalue weighted by molar-refractivity contribution is 6.23.